The summed E-state index contributed by atoms with van der Waals surface area (Å²) in [7, 11) is 0. The van der Waals surface area contributed by atoms with E-state index in [1.165, 1.54) is 12.1 Å². The fourth-order valence-corrected chi connectivity index (χ4v) is 4.02. The Labute approximate surface area is 177 Å². The molecule has 2 aromatic rings. The average Bonchev–Trinajstić information content (AvgIpc) is 2.97. The first kappa shape index (κ1) is 22.0. The Morgan fingerprint density at radius 3 is 2.30 bits per heavy atom. The zero-order valence-corrected chi connectivity index (χ0v) is 18.3. The Morgan fingerprint density at radius 2 is 1.67 bits per heavy atom. The van der Waals surface area contributed by atoms with Crippen LogP contribution in [0.25, 0.3) is 0 Å². The molecule has 160 valence electrons. The lowest BCUT2D eigenvalue weighted by Gasteiger charge is -2.28. The van der Waals surface area contributed by atoms with E-state index in [9.17, 15) is 14.0 Å². The zero-order valence-electron chi connectivity index (χ0n) is 18.3. The van der Waals surface area contributed by atoms with Gasteiger partial charge in [0.25, 0.3) is 0 Å². The molecule has 0 unspecified atom stereocenters. The molecular formula is C25H30FNO3. The van der Waals surface area contributed by atoms with E-state index in [1.54, 1.807) is 12.1 Å². The maximum Gasteiger partial charge on any atom is 0.408 e. The molecular weight excluding hydrogens is 381 g/mol. The molecule has 0 bridgehead atoms. The van der Waals surface area contributed by atoms with Gasteiger partial charge in [0, 0.05) is 11.8 Å². The number of carbonyl (C=O) groups excluding carboxylic acids is 2. The standard InChI is InChI=1S/C25H30FNO3/c1-24(2,3)30-23(29)27-22-17(14-16-8-6-7-9-20(16)22)15-21(28)25(4,5)18-10-12-19(26)13-11-18/h6-13,17,22H,14-15H2,1-5H3,(H,27,29)/t17-,22-/m1/s1. The Kier molecular flexibility index (Phi) is 6.02. The number of nitrogens with one attached hydrogen (secondary N) is 1. The number of alkyl carbamates (subject to hydrolysis) is 1. The van der Waals surface area contributed by atoms with Crippen LogP contribution in [0, 0.1) is 11.7 Å². The highest BCUT2D eigenvalue weighted by molar-refractivity contribution is 5.89. The number of Topliss-reactive ketones (excluding diaryl/α,β-unsaturated/α-hetero) is 1. The third-order valence-corrected chi connectivity index (χ3v) is 5.73. The number of ketones is 1. The number of ether oxygens (including phenoxy) is 1. The van der Waals surface area contributed by atoms with Crippen molar-refractivity contribution in [1.82, 2.24) is 5.32 Å². The predicted molar refractivity (Wildman–Crippen MR) is 115 cm³/mol. The lowest BCUT2D eigenvalue weighted by atomic mass is 9.76. The summed E-state index contributed by atoms with van der Waals surface area (Å²) >= 11 is 0. The molecule has 0 aliphatic heterocycles. The van der Waals surface area contributed by atoms with E-state index in [-0.39, 0.29) is 23.6 Å². The van der Waals surface area contributed by atoms with Crippen molar-refractivity contribution in [2.24, 2.45) is 5.92 Å². The average molecular weight is 412 g/mol. The molecule has 0 spiro atoms. The number of carbonyl (C=O) groups is 2. The van der Waals surface area contributed by atoms with Crippen molar-refractivity contribution in [1.29, 1.82) is 0 Å². The first-order valence-corrected chi connectivity index (χ1v) is 10.3. The van der Waals surface area contributed by atoms with Gasteiger partial charge in [-0.05, 0) is 75.8 Å². The SMILES string of the molecule is CC(C)(C)OC(=O)N[C@H]1c2ccccc2C[C@@H]1CC(=O)C(C)(C)c1ccc(F)cc1. The van der Waals surface area contributed by atoms with Gasteiger partial charge in [0.15, 0.2) is 0 Å². The molecule has 0 saturated heterocycles. The van der Waals surface area contributed by atoms with Crippen LogP contribution in [-0.4, -0.2) is 17.5 Å². The number of hydrogen-bond acceptors (Lipinski definition) is 3. The van der Waals surface area contributed by atoms with Gasteiger partial charge in [-0.2, -0.15) is 0 Å². The minimum Gasteiger partial charge on any atom is -0.444 e. The molecule has 2 atom stereocenters. The molecule has 0 saturated carbocycles. The van der Waals surface area contributed by atoms with Crippen LogP contribution < -0.4 is 5.32 Å². The quantitative estimate of drug-likeness (QED) is 0.707. The molecule has 1 aliphatic carbocycles. The van der Waals surface area contributed by atoms with Crippen molar-refractivity contribution in [3.05, 3.63) is 71.0 Å². The zero-order chi connectivity index (χ0) is 22.1. The summed E-state index contributed by atoms with van der Waals surface area (Å²) in [4.78, 5) is 25.7. The first-order valence-electron chi connectivity index (χ1n) is 10.3. The number of halogens is 1. The van der Waals surface area contributed by atoms with Gasteiger partial charge in [0.2, 0.25) is 0 Å². The van der Waals surface area contributed by atoms with Crippen LogP contribution in [0.2, 0.25) is 0 Å². The van der Waals surface area contributed by atoms with E-state index in [1.807, 2.05) is 58.9 Å². The topological polar surface area (TPSA) is 55.4 Å². The highest BCUT2D eigenvalue weighted by atomic mass is 19.1. The third-order valence-electron chi connectivity index (χ3n) is 5.73. The highest BCUT2D eigenvalue weighted by Crippen LogP contribution is 2.40. The van der Waals surface area contributed by atoms with Crippen molar-refractivity contribution in [2.75, 3.05) is 0 Å². The van der Waals surface area contributed by atoms with E-state index in [0.717, 1.165) is 16.7 Å². The van der Waals surface area contributed by atoms with Gasteiger partial charge in [-0.15, -0.1) is 0 Å². The van der Waals surface area contributed by atoms with E-state index in [2.05, 4.69) is 5.32 Å². The maximum absolute atomic E-state index is 13.3. The van der Waals surface area contributed by atoms with Crippen LogP contribution in [0.4, 0.5) is 9.18 Å². The number of fused-ring (bicyclic) bond motifs is 1. The van der Waals surface area contributed by atoms with Gasteiger partial charge >= 0.3 is 6.09 Å². The summed E-state index contributed by atoms with van der Waals surface area (Å²) in [6.07, 6.45) is 0.529. The second kappa shape index (κ2) is 8.21. The molecule has 5 heteroatoms. The van der Waals surface area contributed by atoms with E-state index < -0.39 is 17.1 Å². The molecule has 30 heavy (non-hydrogen) atoms. The van der Waals surface area contributed by atoms with Crippen LogP contribution in [0.1, 0.15) is 63.8 Å². The number of hydrogen-bond donors (Lipinski definition) is 1. The second-order valence-electron chi connectivity index (χ2n) is 9.55. The fraction of sp³-hybridized carbons (Fsp3) is 0.440. The van der Waals surface area contributed by atoms with Crippen LogP contribution in [0.3, 0.4) is 0 Å². The lowest BCUT2D eigenvalue weighted by molar-refractivity contribution is -0.124. The van der Waals surface area contributed by atoms with Gasteiger partial charge in [-0.1, -0.05) is 36.4 Å². The molecule has 0 heterocycles. The van der Waals surface area contributed by atoms with Crippen molar-refractivity contribution in [3.8, 4) is 0 Å². The van der Waals surface area contributed by atoms with Crippen LogP contribution >= 0.6 is 0 Å². The Hall–Kier alpha value is -2.69. The lowest BCUT2D eigenvalue weighted by Crippen LogP contribution is -2.38. The van der Waals surface area contributed by atoms with Gasteiger partial charge in [-0.25, -0.2) is 9.18 Å². The Morgan fingerprint density at radius 1 is 1.03 bits per heavy atom. The summed E-state index contributed by atoms with van der Waals surface area (Å²) in [5, 5.41) is 2.98. The van der Waals surface area contributed by atoms with Gasteiger partial charge in [0.1, 0.15) is 17.2 Å². The van der Waals surface area contributed by atoms with Crippen LogP contribution in [0.5, 0.6) is 0 Å². The second-order valence-corrected chi connectivity index (χ2v) is 9.55. The summed E-state index contributed by atoms with van der Waals surface area (Å²) in [5.41, 5.74) is 1.59. The highest BCUT2D eigenvalue weighted by Gasteiger charge is 2.39. The minimum absolute atomic E-state index is 0.0582. The van der Waals surface area contributed by atoms with Crippen molar-refractivity contribution < 1.29 is 18.7 Å². The van der Waals surface area contributed by atoms with E-state index >= 15 is 0 Å². The third kappa shape index (κ3) is 4.89. The molecule has 0 aromatic heterocycles. The molecule has 2 aromatic carbocycles. The molecule has 0 fully saturated rings. The monoisotopic (exact) mass is 411 g/mol. The molecule has 4 nitrogen and oxygen atoms in total. The van der Waals surface area contributed by atoms with E-state index in [4.69, 9.17) is 4.74 Å². The van der Waals surface area contributed by atoms with Crippen molar-refractivity contribution in [3.63, 3.8) is 0 Å². The summed E-state index contributed by atoms with van der Waals surface area (Å²) < 4.78 is 18.8. The molecule has 1 amide bonds. The first-order chi connectivity index (χ1) is 14.0. The summed E-state index contributed by atoms with van der Waals surface area (Å²) in [6.45, 7) is 9.19. The summed E-state index contributed by atoms with van der Waals surface area (Å²) in [5.74, 6) is -0.333. The smallest absolute Gasteiger partial charge is 0.408 e. The maximum atomic E-state index is 13.3. The Balaban J connectivity index is 1.80. The van der Waals surface area contributed by atoms with Crippen molar-refractivity contribution in [2.45, 2.75) is 64.5 Å². The molecule has 1 aliphatic rings. The number of benzene rings is 2. The normalized spacial score (nSPS) is 18.6. The van der Waals surface area contributed by atoms with Crippen molar-refractivity contribution >= 4 is 11.9 Å². The number of amides is 1. The van der Waals surface area contributed by atoms with Crippen LogP contribution in [0.15, 0.2) is 48.5 Å². The van der Waals surface area contributed by atoms with E-state index in [0.29, 0.717) is 12.8 Å². The number of rotatable bonds is 5. The predicted octanol–water partition coefficient (Wildman–Crippen LogP) is 5.50. The summed E-state index contributed by atoms with van der Waals surface area (Å²) in [6, 6.07) is 13.7. The van der Waals surface area contributed by atoms with Gasteiger partial charge in [-0.3, -0.25) is 4.79 Å². The van der Waals surface area contributed by atoms with Gasteiger partial charge in [0.05, 0.1) is 6.04 Å². The van der Waals surface area contributed by atoms with Crippen LogP contribution in [-0.2, 0) is 21.4 Å². The molecule has 3 rings (SSSR count). The largest absolute Gasteiger partial charge is 0.444 e. The fourth-order valence-electron chi connectivity index (χ4n) is 4.02. The molecule has 1 N–H and O–H groups in total. The minimum atomic E-state index is -0.751. The molecule has 0 radical (unpaired) electrons. The van der Waals surface area contributed by atoms with Gasteiger partial charge < -0.3 is 10.1 Å². The Bertz CT molecular complexity index is 928.